The van der Waals surface area contributed by atoms with Gasteiger partial charge in [-0.1, -0.05) is 6.42 Å². The Bertz CT molecular complexity index is 454. The number of esters is 3. The Morgan fingerprint density at radius 1 is 0.714 bits per heavy atom. The number of alkyl carbamates (subject to hydrolysis) is 1. The van der Waals surface area contributed by atoms with E-state index >= 15 is 0 Å². The molecule has 0 aromatic carbocycles. The molecule has 0 saturated heterocycles. The molecule has 2 N–H and O–H groups in total. The van der Waals surface area contributed by atoms with Gasteiger partial charge in [-0.15, -0.1) is 0 Å². The van der Waals surface area contributed by atoms with Gasteiger partial charge < -0.3 is 29.6 Å². The first kappa shape index (κ1) is 25.6. The molecule has 0 aliphatic heterocycles. The Morgan fingerprint density at radius 3 is 1.86 bits per heavy atom. The van der Waals surface area contributed by atoms with Crippen LogP contribution in [0, 0.1) is 0 Å². The lowest BCUT2D eigenvalue weighted by atomic mass is 10.2. The zero-order valence-electron chi connectivity index (χ0n) is 17.1. The molecule has 0 bridgehead atoms. The summed E-state index contributed by atoms with van der Waals surface area (Å²) in [6, 6.07) is 0. The van der Waals surface area contributed by atoms with Gasteiger partial charge in [-0.2, -0.15) is 0 Å². The van der Waals surface area contributed by atoms with E-state index in [0.29, 0.717) is 19.5 Å². The van der Waals surface area contributed by atoms with Crippen LogP contribution >= 0.6 is 0 Å². The summed E-state index contributed by atoms with van der Waals surface area (Å²) in [6.45, 7) is 7.39. The van der Waals surface area contributed by atoms with Gasteiger partial charge in [0, 0.05) is 40.7 Å². The molecule has 0 aliphatic rings. The van der Waals surface area contributed by atoms with E-state index in [9.17, 15) is 19.2 Å². The SMILES string of the molecule is CC(=O)OC(C)OC(=O)CCCNCCCCCNC(=O)OC(C)OC(C)=O. The van der Waals surface area contributed by atoms with Gasteiger partial charge in [0.25, 0.3) is 0 Å². The molecule has 1 amide bonds. The molecule has 0 spiro atoms. The maximum atomic E-state index is 11.5. The lowest BCUT2D eigenvalue weighted by molar-refractivity contribution is -0.183. The van der Waals surface area contributed by atoms with E-state index in [1.807, 2.05) is 0 Å². The van der Waals surface area contributed by atoms with Crippen LogP contribution in [0.4, 0.5) is 4.79 Å². The lowest BCUT2D eigenvalue weighted by Gasteiger charge is -2.13. The highest BCUT2D eigenvalue weighted by Gasteiger charge is 2.11. The van der Waals surface area contributed by atoms with Crippen molar-refractivity contribution in [2.45, 2.75) is 72.4 Å². The van der Waals surface area contributed by atoms with Crippen molar-refractivity contribution in [2.75, 3.05) is 19.6 Å². The number of carbonyl (C=O) groups excluding carboxylic acids is 4. The molecule has 0 aromatic heterocycles. The summed E-state index contributed by atoms with van der Waals surface area (Å²) in [5, 5.41) is 5.80. The average molecular weight is 404 g/mol. The highest BCUT2D eigenvalue weighted by Crippen LogP contribution is 2.00. The Morgan fingerprint density at radius 2 is 1.25 bits per heavy atom. The number of rotatable bonds is 14. The summed E-state index contributed by atoms with van der Waals surface area (Å²) >= 11 is 0. The Balaban J connectivity index is 3.46. The molecular weight excluding hydrogens is 372 g/mol. The van der Waals surface area contributed by atoms with E-state index in [-0.39, 0.29) is 6.42 Å². The van der Waals surface area contributed by atoms with Crippen molar-refractivity contribution >= 4 is 24.0 Å². The highest BCUT2D eigenvalue weighted by molar-refractivity contribution is 5.70. The normalized spacial score (nSPS) is 12.4. The molecular formula is C18H32N2O8. The van der Waals surface area contributed by atoms with Crippen LogP contribution in [0.2, 0.25) is 0 Å². The van der Waals surface area contributed by atoms with Gasteiger partial charge in [-0.25, -0.2) is 4.79 Å². The van der Waals surface area contributed by atoms with Crippen LogP contribution in [-0.4, -0.2) is 56.2 Å². The van der Waals surface area contributed by atoms with Gasteiger partial charge in [-0.3, -0.25) is 14.4 Å². The lowest BCUT2D eigenvalue weighted by Crippen LogP contribution is -2.30. The quantitative estimate of drug-likeness (QED) is 0.252. The first-order chi connectivity index (χ1) is 13.2. The molecule has 0 radical (unpaired) electrons. The van der Waals surface area contributed by atoms with Gasteiger partial charge in [0.1, 0.15) is 0 Å². The Kier molecular flexibility index (Phi) is 14.4. The summed E-state index contributed by atoms with van der Waals surface area (Å²) in [7, 11) is 0. The van der Waals surface area contributed by atoms with Gasteiger partial charge in [-0.05, 0) is 32.4 Å². The fourth-order valence-corrected chi connectivity index (χ4v) is 2.18. The molecule has 162 valence electrons. The maximum Gasteiger partial charge on any atom is 0.410 e. The second-order valence-electron chi connectivity index (χ2n) is 6.09. The van der Waals surface area contributed by atoms with Crippen LogP contribution in [0.1, 0.15) is 59.8 Å². The fourth-order valence-electron chi connectivity index (χ4n) is 2.18. The summed E-state index contributed by atoms with van der Waals surface area (Å²) < 4.78 is 19.1. The zero-order valence-corrected chi connectivity index (χ0v) is 17.1. The van der Waals surface area contributed by atoms with Gasteiger partial charge >= 0.3 is 24.0 Å². The van der Waals surface area contributed by atoms with E-state index in [0.717, 1.165) is 25.8 Å². The van der Waals surface area contributed by atoms with Crippen molar-refractivity contribution in [3.05, 3.63) is 0 Å². The smallest absolute Gasteiger partial charge is 0.410 e. The molecule has 10 nitrogen and oxygen atoms in total. The molecule has 0 saturated carbocycles. The van der Waals surface area contributed by atoms with Crippen molar-refractivity contribution in [3.63, 3.8) is 0 Å². The predicted octanol–water partition coefficient (Wildman–Crippen LogP) is 1.61. The van der Waals surface area contributed by atoms with Gasteiger partial charge in [0.05, 0.1) is 0 Å². The first-order valence-electron chi connectivity index (χ1n) is 9.39. The van der Waals surface area contributed by atoms with Crippen molar-refractivity contribution < 1.29 is 38.1 Å². The number of unbranched alkanes of at least 4 members (excludes halogenated alkanes) is 2. The van der Waals surface area contributed by atoms with Crippen molar-refractivity contribution in [2.24, 2.45) is 0 Å². The minimum atomic E-state index is -0.913. The molecule has 28 heavy (non-hydrogen) atoms. The average Bonchev–Trinajstić information content (AvgIpc) is 2.54. The fraction of sp³-hybridized carbons (Fsp3) is 0.778. The molecule has 0 aliphatic carbocycles. The third kappa shape index (κ3) is 17.1. The topological polar surface area (TPSA) is 129 Å². The third-order valence-electron chi connectivity index (χ3n) is 3.27. The number of hydrogen-bond donors (Lipinski definition) is 2. The number of hydrogen-bond acceptors (Lipinski definition) is 9. The van der Waals surface area contributed by atoms with E-state index in [1.165, 1.54) is 27.7 Å². The molecule has 10 heteroatoms. The van der Waals surface area contributed by atoms with Crippen LogP contribution in [0.3, 0.4) is 0 Å². The van der Waals surface area contributed by atoms with Crippen LogP contribution in [-0.2, 0) is 33.3 Å². The first-order valence-corrected chi connectivity index (χ1v) is 9.39. The van der Waals surface area contributed by atoms with E-state index in [1.54, 1.807) is 0 Å². The predicted molar refractivity (Wildman–Crippen MR) is 99.0 cm³/mol. The van der Waals surface area contributed by atoms with E-state index < -0.39 is 36.6 Å². The Labute approximate surface area is 165 Å². The molecule has 0 heterocycles. The van der Waals surface area contributed by atoms with Crippen molar-refractivity contribution in [1.82, 2.24) is 10.6 Å². The van der Waals surface area contributed by atoms with E-state index in [2.05, 4.69) is 15.4 Å². The number of ether oxygens (including phenoxy) is 4. The number of amides is 1. The summed E-state index contributed by atoms with van der Waals surface area (Å²) in [4.78, 5) is 44.3. The summed E-state index contributed by atoms with van der Waals surface area (Å²) in [5.41, 5.74) is 0. The van der Waals surface area contributed by atoms with Crippen molar-refractivity contribution in [1.29, 1.82) is 0 Å². The summed E-state index contributed by atoms with van der Waals surface area (Å²) in [6.07, 6.45) is 1.09. The van der Waals surface area contributed by atoms with Crippen LogP contribution in [0.5, 0.6) is 0 Å². The standard InChI is InChI=1S/C18H32N2O8/c1-13(21)25-15(3)27-17(23)9-8-11-19-10-6-5-7-12-20-18(24)28-16(4)26-14(2)22/h15-16,19H,5-12H2,1-4H3,(H,20,24). The number of carbonyl (C=O) groups is 4. The highest BCUT2D eigenvalue weighted by atomic mass is 16.7. The van der Waals surface area contributed by atoms with E-state index in [4.69, 9.17) is 14.2 Å². The largest absolute Gasteiger partial charge is 0.426 e. The third-order valence-corrected chi connectivity index (χ3v) is 3.27. The minimum absolute atomic E-state index is 0.246. The molecule has 0 fully saturated rings. The molecule has 0 rings (SSSR count). The van der Waals surface area contributed by atoms with Crippen LogP contribution in [0.15, 0.2) is 0 Å². The minimum Gasteiger partial charge on any atom is -0.426 e. The Hall–Kier alpha value is -2.36. The summed E-state index contributed by atoms with van der Waals surface area (Å²) in [5.74, 6) is -1.41. The van der Waals surface area contributed by atoms with Crippen LogP contribution in [0.25, 0.3) is 0 Å². The zero-order chi connectivity index (χ0) is 21.4. The maximum absolute atomic E-state index is 11.5. The second kappa shape index (κ2) is 15.7. The number of nitrogens with one attached hydrogen (secondary N) is 2. The van der Waals surface area contributed by atoms with Crippen molar-refractivity contribution in [3.8, 4) is 0 Å². The van der Waals surface area contributed by atoms with Crippen LogP contribution < -0.4 is 10.6 Å². The molecule has 0 aromatic rings. The molecule has 2 atom stereocenters. The second-order valence-corrected chi connectivity index (χ2v) is 6.09. The van der Waals surface area contributed by atoms with Gasteiger partial charge in [0.15, 0.2) is 0 Å². The molecule has 2 unspecified atom stereocenters. The van der Waals surface area contributed by atoms with Gasteiger partial charge in [0.2, 0.25) is 12.6 Å². The monoisotopic (exact) mass is 404 g/mol.